The lowest BCUT2D eigenvalue weighted by molar-refractivity contribution is -0.137. The number of benzene rings is 4. The molecular formula is C40H38F6N8O4S. The third kappa shape index (κ3) is 16.0. The fourth-order valence-corrected chi connectivity index (χ4v) is 5.70. The molecule has 59 heavy (non-hydrogen) atoms. The van der Waals surface area contributed by atoms with E-state index in [4.69, 9.17) is 10.5 Å². The smallest absolute Gasteiger partial charge is 0.326 e. The molecule has 0 aliphatic carbocycles. The summed E-state index contributed by atoms with van der Waals surface area (Å²) in [7, 11) is 0. The van der Waals surface area contributed by atoms with Crippen molar-refractivity contribution < 1.29 is 45.5 Å². The predicted octanol–water partition coefficient (Wildman–Crippen LogP) is 8.13. The molecule has 12 nitrogen and oxygen atoms in total. The normalized spacial score (nSPS) is 11.8. The molecular weight excluding hydrogens is 803 g/mol. The van der Waals surface area contributed by atoms with Crippen LogP contribution < -0.4 is 21.3 Å². The Balaban J connectivity index is 0.000000316. The maximum atomic E-state index is 12.6. The summed E-state index contributed by atoms with van der Waals surface area (Å²) < 4.78 is 75.1. The molecule has 4 aromatic carbocycles. The molecule has 0 radical (unpaired) electrons. The fraction of sp³-hybridized carbons (Fsp3) is 0.250. The van der Waals surface area contributed by atoms with Crippen LogP contribution in [0.2, 0.25) is 0 Å². The average Bonchev–Trinajstić information content (AvgIpc) is 3.19. The van der Waals surface area contributed by atoms with E-state index in [-0.39, 0.29) is 54.0 Å². The molecule has 0 bridgehead atoms. The Hall–Kier alpha value is -6.73. The number of carbonyl (C=O) groups is 4. The lowest BCUT2D eigenvalue weighted by atomic mass is 10.0. The second-order valence-corrected chi connectivity index (χ2v) is 13.3. The summed E-state index contributed by atoms with van der Waals surface area (Å²) >= 11 is -0.257. The molecule has 4 aromatic rings. The predicted molar refractivity (Wildman–Crippen MR) is 208 cm³/mol. The van der Waals surface area contributed by atoms with E-state index in [0.29, 0.717) is 0 Å². The van der Waals surface area contributed by atoms with E-state index in [2.05, 4.69) is 21.3 Å². The minimum absolute atomic E-state index is 0.0156. The van der Waals surface area contributed by atoms with Gasteiger partial charge in [-0.15, -0.1) is 0 Å². The van der Waals surface area contributed by atoms with Crippen molar-refractivity contribution in [2.24, 2.45) is 0 Å². The first-order valence-electron chi connectivity index (χ1n) is 17.6. The minimum atomic E-state index is -4.48. The zero-order valence-electron chi connectivity index (χ0n) is 31.5. The summed E-state index contributed by atoms with van der Waals surface area (Å²) in [4.78, 5) is 51.7. The van der Waals surface area contributed by atoms with Gasteiger partial charge in [-0.3, -0.25) is 9.59 Å². The first-order valence-corrected chi connectivity index (χ1v) is 18.5. The van der Waals surface area contributed by atoms with Crippen molar-refractivity contribution in [1.29, 1.82) is 10.5 Å². The first kappa shape index (κ1) is 46.7. The third-order valence-corrected chi connectivity index (χ3v) is 8.73. The van der Waals surface area contributed by atoms with Crippen LogP contribution in [0.1, 0.15) is 30.5 Å². The molecule has 0 aliphatic rings. The van der Waals surface area contributed by atoms with E-state index in [1.54, 1.807) is 80.8 Å². The Bertz CT molecular complexity index is 2080. The quantitative estimate of drug-likeness (QED) is 0.0456. The van der Waals surface area contributed by atoms with E-state index in [0.717, 1.165) is 45.2 Å². The Morgan fingerprint density at radius 3 is 1.31 bits per heavy atom. The number of thioether (sulfide) groups is 1. The standard InChI is InChI=1S/C20H19F3N4O2S.C20H19F3N4O2/c1-2-27(13-24)18(28)17(12-14-6-4-3-5-7-14)26-19(29)25-15-8-10-16(11-9-15)30-20(21,22)23;1-2-27(13-24)18(28)17(12-14-6-4-3-5-7-14)26-19(29)25-16-10-8-15(9-11-16)20(21,22)23/h3-11,17H,2,12H2,1H3,(H2,25,26,29);3-11,17H,2,12H2,1H3,(H2,25,26,29). The first-order chi connectivity index (χ1) is 28.0. The number of alkyl halides is 6. The van der Waals surface area contributed by atoms with Gasteiger partial charge in [0.1, 0.15) is 12.1 Å². The fourth-order valence-electron chi connectivity index (χ4n) is 5.16. The van der Waals surface area contributed by atoms with E-state index in [1.165, 1.54) is 24.3 Å². The average molecular weight is 841 g/mol. The molecule has 4 rings (SSSR count). The number of urea groups is 2. The van der Waals surface area contributed by atoms with Crippen LogP contribution in [0.3, 0.4) is 0 Å². The minimum Gasteiger partial charge on any atom is -0.326 e. The second kappa shape index (κ2) is 22.3. The summed E-state index contributed by atoms with van der Waals surface area (Å²) in [6, 6.07) is 23.4. The van der Waals surface area contributed by atoms with Gasteiger partial charge in [0, 0.05) is 42.2 Å². The summed E-state index contributed by atoms with van der Waals surface area (Å²) in [6.07, 6.45) is -0.603. The lowest BCUT2D eigenvalue weighted by Crippen LogP contribution is -2.49. The van der Waals surface area contributed by atoms with Gasteiger partial charge in [-0.2, -0.15) is 36.9 Å². The zero-order chi connectivity index (χ0) is 43.6. The van der Waals surface area contributed by atoms with Crippen LogP contribution in [-0.4, -0.2) is 64.4 Å². The van der Waals surface area contributed by atoms with Gasteiger partial charge in [0.25, 0.3) is 11.8 Å². The third-order valence-electron chi connectivity index (χ3n) is 7.99. The molecule has 0 saturated heterocycles. The molecule has 6 amide bonds. The number of amides is 6. The monoisotopic (exact) mass is 840 g/mol. The van der Waals surface area contributed by atoms with Gasteiger partial charge in [-0.05, 0) is 85.3 Å². The van der Waals surface area contributed by atoms with Crippen LogP contribution in [0.4, 0.5) is 47.3 Å². The van der Waals surface area contributed by atoms with E-state index >= 15 is 0 Å². The number of rotatable bonds is 13. The van der Waals surface area contributed by atoms with Gasteiger partial charge in [0.15, 0.2) is 12.4 Å². The number of nitriles is 2. The largest absolute Gasteiger partial charge is 0.446 e. The van der Waals surface area contributed by atoms with Crippen molar-refractivity contribution in [2.45, 2.75) is 55.4 Å². The van der Waals surface area contributed by atoms with E-state index in [1.807, 2.05) is 6.07 Å². The highest BCUT2D eigenvalue weighted by molar-refractivity contribution is 8.00. The highest BCUT2D eigenvalue weighted by atomic mass is 32.2. The maximum absolute atomic E-state index is 12.6. The number of carbonyl (C=O) groups excluding carboxylic acids is 4. The molecule has 19 heteroatoms. The Morgan fingerprint density at radius 1 is 0.610 bits per heavy atom. The van der Waals surface area contributed by atoms with E-state index < -0.39 is 53.2 Å². The second-order valence-electron chi connectivity index (χ2n) is 12.2. The van der Waals surface area contributed by atoms with Gasteiger partial charge in [0.05, 0.1) is 5.56 Å². The number of halogens is 6. The Labute approximate surface area is 340 Å². The number of nitrogens with zero attached hydrogens (tertiary/aromatic N) is 4. The van der Waals surface area contributed by atoms with Gasteiger partial charge in [-0.1, -0.05) is 60.7 Å². The number of likely N-dealkylation sites (N-methyl/N-ethyl adjacent to an activating group) is 2. The Morgan fingerprint density at radius 2 is 0.983 bits per heavy atom. The molecule has 0 aliphatic heterocycles. The van der Waals surface area contributed by atoms with Crippen molar-refractivity contribution in [3.63, 3.8) is 0 Å². The molecule has 0 saturated carbocycles. The van der Waals surface area contributed by atoms with Crippen molar-refractivity contribution in [3.8, 4) is 12.4 Å². The van der Waals surface area contributed by atoms with Crippen LogP contribution in [0.25, 0.3) is 0 Å². The topological polar surface area (TPSA) is 170 Å². The molecule has 0 spiro atoms. The molecule has 2 atom stereocenters. The van der Waals surface area contributed by atoms with Crippen molar-refractivity contribution in [3.05, 3.63) is 126 Å². The number of nitrogens with one attached hydrogen (secondary N) is 4. The van der Waals surface area contributed by atoms with Crippen LogP contribution in [0, 0.1) is 22.9 Å². The molecule has 4 N–H and O–H groups in total. The van der Waals surface area contributed by atoms with Crippen molar-refractivity contribution in [2.75, 3.05) is 23.7 Å². The van der Waals surface area contributed by atoms with Crippen LogP contribution in [0.15, 0.2) is 114 Å². The summed E-state index contributed by atoms with van der Waals surface area (Å²) in [5.74, 6) is -1.14. The summed E-state index contributed by atoms with van der Waals surface area (Å²) in [5.41, 5.74) is -3.28. The summed E-state index contributed by atoms with van der Waals surface area (Å²) in [5, 5.41) is 28.2. The number of hydrogen-bond acceptors (Lipinski definition) is 7. The maximum Gasteiger partial charge on any atom is 0.446 e. The highest BCUT2D eigenvalue weighted by Gasteiger charge is 2.31. The lowest BCUT2D eigenvalue weighted by Gasteiger charge is -2.22. The summed E-state index contributed by atoms with van der Waals surface area (Å²) in [6.45, 7) is 3.56. The molecule has 0 aromatic heterocycles. The molecule has 0 heterocycles. The van der Waals surface area contributed by atoms with Gasteiger partial charge in [0.2, 0.25) is 0 Å². The van der Waals surface area contributed by atoms with Gasteiger partial charge >= 0.3 is 23.7 Å². The highest BCUT2D eigenvalue weighted by Crippen LogP contribution is 2.37. The molecule has 310 valence electrons. The zero-order valence-corrected chi connectivity index (χ0v) is 32.3. The Kier molecular flexibility index (Phi) is 17.6. The van der Waals surface area contributed by atoms with Gasteiger partial charge < -0.3 is 21.3 Å². The number of anilines is 2. The van der Waals surface area contributed by atoms with Crippen LogP contribution in [-0.2, 0) is 28.6 Å². The molecule has 2 unspecified atom stereocenters. The SMILES string of the molecule is CCN(C#N)C(=O)C(Cc1ccccc1)NC(=O)Nc1ccc(C(F)(F)F)cc1.CCN(C#N)C(=O)C(Cc1ccccc1)NC(=O)Nc1ccc(SC(F)(F)F)cc1. The molecule has 0 fully saturated rings. The van der Waals surface area contributed by atoms with Gasteiger partial charge in [-0.25, -0.2) is 19.4 Å². The van der Waals surface area contributed by atoms with Crippen LogP contribution in [0.5, 0.6) is 0 Å². The van der Waals surface area contributed by atoms with Crippen LogP contribution >= 0.6 is 11.8 Å². The van der Waals surface area contributed by atoms with Crippen molar-refractivity contribution >= 4 is 47.0 Å². The van der Waals surface area contributed by atoms with E-state index in [9.17, 15) is 45.5 Å². The van der Waals surface area contributed by atoms with Crippen molar-refractivity contribution in [1.82, 2.24) is 20.4 Å². The number of hydrogen-bond donors (Lipinski definition) is 4.